The molecule has 1 fully saturated rings. The molecule has 3 N–H and O–H groups in total. The number of halogens is 1. The van der Waals surface area contributed by atoms with E-state index in [1.165, 1.54) is 0 Å². The first kappa shape index (κ1) is 21.5. The third kappa shape index (κ3) is 5.19. The summed E-state index contributed by atoms with van der Waals surface area (Å²) in [6.07, 6.45) is 4.51. The summed E-state index contributed by atoms with van der Waals surface area (Å²) < 4.78 is 0. The van der Waals surface area contributed by atoms with Gasteiger partial charge in [0, 0.05) is 12.2 Å². The van der Waals surface area contributed by atoms with E-state index in [0.717, 1.165) is 36.1 Å². The molecule has 0 unspecified atom stereocenters. The number of para-hydroxylation sites is 1. The monoisotopic (exact) mass is 367 g/mol. The van der Waals surface area contributed by atoms with Gasteiger partial charge >= 0.3 is 0 Å². The summed E-state index contributed by atoms with van der Waals surface area (Å²) in [6, 6.07) is 5.88. The van der Waals surface area contributed by atoms with E-state index in [9.17, 15) is 9.59 Å². The fraction of sp³-hybridized carbons (Fsp3) is 0.579. The number of carbonyl (C=O) groups is 2. The van der Waals surface area contributed by atoms with Crippen LogP contribution < -0.4 is 11.1 Å². The molecule has 2 amide bonds. The number of nitrogens with zero attached hydrogens (tertiary/aromatic N) is 1. The molecule has 5 nitrogen and oxygen atoms in total. The van der Waals surface area contributed by atoms with E-state index >= 15 is 0 Å². The van der Waals surface area contributed by atoms with Crippen molar-refractivity contribution >= 4 is 29.9 Å². The molecule has 1 saturated carbocycles. The third-order valence-corrected chi connectivity index (χ3v) is 4.92. The van der Waals surface area contributed by atoms with Crippen LogP contribution in [0.4, 0.5) is 5.69 Å². The second kappa shape index (κ2) is 9.20. The Kier molecular flexibility index (Phi) is 7.90. The number of benzene rings is 1. The van der Waals surface area contributed by atoms with E-state index in [2.05, 4.69) is 5.32 Å². The summed E-state index contributed by atoms with van der Waals surface area (Å²) in [5.74, 6) is -0.275. The lowest BCUT2D eigenvalue weighted by Gasteiger charge is -2.36. The average Bonchev–Trinajstić information content (AvgIpc) is 2.56. The highest BCUT2D eigenvalue weighted by Gasteiger charge is 2.38. The van der Waals surface area contributed by atoms with E-state index in [-0.39, 0.29) is 30.8 Å². The lowest BCUT2D eigenvalue weighted by molar-refractivity contribution is -0.140. The number of carbonyl (C=O) groups excluding carboxylic acids is 2. The first-order chi connectivity index (χ1) is 11.4. The van der Waals surface area contributed by atoms with Gasteiger partial charge in [0.2, 0.25) is 11.8 Å². The molecule has 140 valence electrons. The lowest BCUT2D eigenvalue weighted by atomic mass is 9.81. The van der Waals surface area contributed by atoms with Gasteiger partial charge in [-0.1, -0.05) is 37.5 Å². The first-order valence-corrected chi connectivity index (χ1v) is 8.81. The quantitative estimate of drug-likeness (QED) is 0.839. The van der Waals surface area contributed by atoms with Crippen molar-refractivity contribution in [1.29, 1.82) is 0 Å². The SMILES string of the molecule is CCN(CC(=O)Nc1c(C)cccc1C)C(=O)C1(N)CCCCC1.Cl. The highest BCUT2D eigenvalue weighted by molar-refractivity contribution is 5.97. The number of hydrogen-bond acceptors (Lipinski definition) is 3. The molecule has 0 aliphatic heterocycles. The average molecular weight is 368 g/mol. The molecule has 25 heavy (non-hydrogen) atoms. The second-order valence-corrected chi connectivity index (χ2v) is 6.85. The van der Waals surface area contributed by atoms with E-state index in [0.29, 0.717) is 19.4 Å². The Labute approximate surface area is 156 Å². The molecule has 0 bridgehead atoms. The van der Waals surface area contributed by atoms with Gasteiger partial charge in [-0.05, 0) is 44.7 Å². The van der Waals surface area contributed by atoms with Crippen molar-refractivity contribution in [2.75, 3.05) is 18.4 Å². The van der Waals surface area contributed by atoms with Gasteiger partial charge in [-0.2, -0.15) is 0 Å². The maximum absolute atomic E-state index is 12.8. The van der Waals surface area contributed by atoms with Crippen LogP contribution in [-0.2, 0) is 9.59 Å². The normalized spacial score (nSPS) is 15.8. The number of amides is 2. The van der Waals surface area contributed by atoms with Gasteiger partial charge in [-0.3, -0.25) is 9.59 Å². The van der Waals surface area contributed by atoms with Crippen LogP contribution in [0.3, 0.4) is 0 Å². The summed E-state index contributed by atoms with van der Waals surface area (Å²) in [6.45, 7) is 6.33. The van der Waals surface area contributed by atoms with Crippen molar-refractivity contribution in [2.45, 2.75) is 58.4 Å². The Bertz CT molecular complexity index is 592. The van der Waals surface area contributed by atoms with Crippen molar-refractivity contribution < 1.29 is 9.59 Å². The molecular formula is C19H30ClN3O2. The Morgan fingerprint density at radius 2 is 1.72 bits per heavy atom. The summed E-state index contributed by atoms with van der Waals surface area (Å²) in [5.41, 5.74) is 8.39. The Morgan fingerprint density at radius 1 is 1.16 bits per heavy atom. The van der Waals surface area contributed by atoms with Crippen molar-refractivity contribution in [3.8, 4) is 0 Å². The Balaban J connectivity index is 0.00000312. The highest BCUT2D eigenvalue weighted by atomic mass is 35.5. The molecule has 0 aromatic heterocycles. The maximum atomic E-state index is 12.8. The number of anilines is 1. The molecule has 1 aliphatic carbocycles. The fourth-order valence-electron chi connectivity index (χ4n) is 3.40. The molecule has 0 atom stereocenters. The maximum Gasteiger partial charge on any atom is 0.244 e. The van der Waals surface area contributed by atoms with Gasteiger partial charge in [0.15, 0.2) is 0 Å². The van der Waals surface area contributed by atoms with Crippen LogP contribution in [0, 0.1) is 13.8 Å². The van der Waals surface area contributed by atoms with E-state index in [1.54, 1.807) is 4.90 Å². The predicted octanol–water partition coefficient (Wildman–Crippen LogP) is 3.17. The number of aryl methyl sites for hydroxylation is 2. The molecule has 0 saturated heterocycles. The van der Waals surface area contributed by atoms with Gasteiger partial charge in [-0.25, -0.2) is 0 Å². The zero-order valence-electron chi connectivity index (χ0n) is 15.4. The van der Waals surface area contributed by atoms with Crippen molar-refractivity contribution in [3.63, 3.8) is 0 Å². The standard InChI is InChI=1S/C19H29N3O2.ClH/c1-4-22(18(24)19(20)11-6-5-7-12-19)13-16(23)21-17-14(2)9-8-10-15(17)3;/h8-10H,4-7,11-13,20H2,1-3H3,(H,21,23);1H. The third-order valence-electron chi connectivity index (χ3n) is 4.92. The largest absolute Gasteiger partial charge is 0.332 e. The van der Waals surface area contributed by atoms with E-state index in [4.69, 9.17) is 5.73 Å². The summed E-state index contributed by atoms with van der Waals surface area (Å²) in [4.78, 5) is 26.8. The molecule has 6 heteroatoms. The highest BCUT2D eigenvalue weighted by Crippen LogP contribution is 2.27. The summed E-state index contributed by atoms with van der Waals surface area (Å²) in [7, 11) is 0. The molecule has 0 heterocycles. The zero-order valence-corrected chi connectivity index (χ0v) is 16.2. The van der Waals surface area contributed by atoms with Crippen molar-refractivity contribution in [2.24, 2.45) is 5.73 Å². The minimum atomic E-state index is -0.798. The molecule has 1 aromatic carbocycles. The number of nitrogens with one attached hydrogen (secondary N) is 1. The van der Waals surface area contributed by atoms with Crippen LogP contribution in [-0.4, -0.2) is 35.3 Å². The minimum Gasteiger partial charge on any atom is -0.332 e. The van der Waals surface area contributed by atoms with Gasteiger partial charge in [-0.15, -0.1) is 12.4 Å². The van der Waals surface area contributed by atoms with Gasteiger partial charge in [0.1, 0.15) is 0 Å². The van der Waals surface area contributed by atoms with Gasteiger partial charge < -0.3 is 16.0 Å². The second-order valence-electron chi connectivity index (χ2n) is 6.85. The van der Waals surface area contributed by atoms with Crippen LogP contribution in [0.15, 0.2) is 18.2 Å². The van der Waals surface area contributed by atoms with Crippen molar-refractivity contribution in [1.82, 2.24) is 4.90 Å². The van der Waals surface area contributed by atoms with Crippen LogP contribution >= 0.6 is 12.4 Å². The molecule has 2 rings (SSSR count). The van der Waals surface area contributed by atoms with Crippen LogP contribution in [0.5, 0.6) is 0 Å². The van der Waals surface area contributed by atoms with Gasteiger partial charge in [0.05, 0.1) is 12.1 Å². The van der Waals surface area contributed by atoms with Gasteiger partial charge in [0.25, 0.3) is 0 Å². The molecule has 0 radical (unpaired) electrons. The number of likely N-dealkylation sites (N-methyl/N-ethyl adjacent to an activating group) is 1. The number of hydrogen-bond donors (Lipinski definition) is 2. The Hall–Kier alpha value is -1.59. The van der Waals surface area contributed by atoms with Crippen LogP contribution in [0.2, 0.25) is 0 Å². The fourth-order valence-corrected chi connectivity index (χ4v) is 3.40. The predicted molar refractivity (Wildman–Crippen MR) is 104 cm³/mol. The minimum absolute atomic E-state index is 0. The zero-order chi connectivity index (χ0) is 17.7. The summed E-state index contributed by atoms with van der Waals surface area (Å²) >= 11 is 0. The smallest absolute Gasteiger partial charge is 0.244 e. The molecule has 1 aliphatic rings. The lowest BCUT2D eigenvalue weighted by Crippen LogP contribution is -2.57. The number of nitrogens with two attached hydrogens (primary N) is 1. The van der Waals surface area contributed by atoms with E-state index < -0.39 is 5.54 Å². The molecular weight excluding hydrogens is 338 g/mol. The van der Waals surface area contributed by atoms with Crippen molar-refractivity contribution in [3.05, 3.63) is 29.3 Å². The summed E-state index contributed by atoms with van der Waals surface area (Å²) in [5, 5.41) is 2.94. The Morgan fingerprint density at radius 3 is 2.24 bits per heavy atom. The molecule has 1 aromatic rings. The van der Waals surface area contributed by atoms with E-state index in [1.807, 2.05) is 39.0 Å². The topological polar surface area (TPSA) is 75.4 Å². The van der Waals surface area contributed by atoms with Crippen LogP contribution in [0.25, 0.3) is 0 Å². The van der Waals surface area contributed by atoms with Crippen LogP contribution in [0.1, 0.15) is 50.2 Å². The number of rotatable bonds is 5. The first-order valence-electron chi connectivity index (χ1n) is 8.81. The molecule has 0 spiro atoms.